The molecule has 2 aliphatic rings. The quantitative estimate of drug-likeness (QED) is 0.712. The van der Waals surface area contributed by atoms with E-state index in [4.69, 9.17) is 16.3 Å². The number of hydrogen-bond donors (Lipinski definition) is 0. The Balaban J connectivity index is 1.81. The third-order valence-electron chi connectivity index (χ3n) is 3.57. The molecule has 0 aromatic rings. The lowest BCUT2D eigenvalue weighted by Gasteiger charge is -2.26. The van der Waals surface area contributed by atoms with Gasteiger partial charge in [0, 0.05) is 25.6 Å². The zero-order valence-electron chi connectivity index (χ0n) is 9.66. The van der Waals surface area contributed by atoms with E-state index in [0.29, 0.717) is 11.8 Å². The fraction of sp³-hybridized carbons (Fsp3) is 0.917. The van der Waals surface area contributed by atoms with Crippen molar-refractivity contribution in [2.45, 2.75) is 38.2 Å². The van der Waals surface area contributed by atoms with E-state index in [0.717, 1.165) is 51.8 Å². The smallest absolute Gasteiger partial charge is 0.251 e. The minimum atomic E-state index is -0.163. The van der Waals surface area contributed by atoms with E-state index in [1.165, 1.54) is 0 Å². The zero-order valence-corrected chi connectivity index (χ0v) is 10.4. The molecule has 1 amide bonds. The summed E-state index contributed by atoms with van der Waals surface area (Å²) in [5, 5.41) is 0. The predicted octanol–water partition coefficient (Wildman–Crippen LogP) is 2.03. The molecule has 2 atom stereocenters. The number of alkyl halides is 1. The van der Waals surface area contributed by atoms with E-state index in [1.54, 1.807) is 0 Å². The molecule has 2 heterocycles. The van der Waals surface area contributed by atoms with Gasteiger partial charge in [-0.1, -0.05) is 0 Å². The molecule has 16 heavy (non-hydrogen) atoms. The van der Waals surface area contributed by atoms with Crippen molar-refractivity contribution in [1.82, 2.24) is 4.90 Å². The highest BCUT2D eigenvalue weighted by atomic mass is 35.5. The van der Waals surface area contributed by atoms with Gasteiger partial charge in [0.2, 0.25) is 0 Å². The minimum Gasteiger partial charge on any atom is -0.368 e. The van der Waals surface area contributed by atoms with Gasteiger partial charge in [0.25, 0.3) is 5.91 Å². The van der Waals surface area contributed by atoms with E-state index >= 15 is 0 Å². The SMILES string of the molecule is O=C(C1CCCCO1)N1CCC(CCCl)C1. The van der Waals surface area contributed by atoms with E-state index in [-0.39, 0.29) is 12.0 Å². The summed E-state index contributed by atoms with van der Waals surface area (Å²) in [6.45, 7) is 2.51. The average molecular weight is 246 g/mol. The maximum Gasteiger partial charge on any atom is 0.251 e. The molecular formula is C12H20ClNO2. The van der Waals surface area contributed by atoms with Gasteiger partial charge in [-0.15, -0.1) is 11.6 Å². The Kier molecular flexibility index (Phi) is 4.47. The topological polar surface area (TPSA) is 29.5 Å². The number of amides is 1. The van der Waals surface area contributed by atoms with Gasteiger partial charge < -0.3 is 9.64 Å². The molecule has 0 radical (unpaired) electrons. The van der Waals surface area contributed by atoms with Gasteiger partial charge in [-0.2, -0.15) is 0 Å². The van der Waals surface area contributed by atoms with Crippen LogP contribution in [0.25, 0.3) is 0 Å². The number of halogens is 1. The Morgan fingerprint density at radius 2 is 2.25 bits per heavy atom. The van der Waals surface area contributed by atoms with Gasteiger partial charge in [0.1, 0.15) is 6.10 Å². The van der Waals surface area contributed by atoms with Crippen LogP contribution in [0, 0.1) is 5.92 Å². The molecule has 0 N–H and O–H groups in total. The van der Waals surface area contributed by atoms with Crippen molar-refractivity contribution >= 4 is 17.5 Å². The van der Waals surface area contributed by atoms with Crippen molar-refractivity contribution in [2.75, 3.05) is 25.6 Å². The summed E-state index contributed by atoms with van der Waals surface area (Å²) in [5.74, 6) is 1.51. The number of carbonyl (C=O) groups is 1. The number of carbonyl (C=O) groups excluding carboxylic acids is 1. The Morgan fingerprint density at radius 1 is 1.38 bits per heavy atom. The van der Waals surface area contributed by atoms with Crippen molar-refractivity contribution in [3.05, 3.63) is 0 Å². The van der Waals surface area contributed by atoms with Gasteiger partial charge in [0.05, 0.1) is 0 Å². The summed E-state index contributed by atoms with van der Waals surface area (Å²) in [6, 6.07) is 0. The molecule has 2 saturated heterocycles. The largest absolute Gasteiger partial charge is 0.368 e. The number of ether oxygens (including phenoxy) is 1. The molecule has 0 spiro atoms. The first-order valence-electron chi connectivity index (χ1n) is 6.27. The molecule has 0 bridgehead atoms. The second kappa shape index (κ2) is 5.87. The Hall–Kier alpha value is -0.280. The van der Waals surface area contributed by atoms with Crippen LogP contribution in [0.1, 0.15) is 32.1 Å². The summed E-state index contributed by atoms with van der Waals surface area (Å²) in [5.41, 5.74) is 0. The lowest BCUT2D eigenvalue weighted by Crippen LogP contribution is -2.40. The Morgan fingerprint density at radius 3 is 2.94 bits per heavy atom. The zero-order chi connectivity index (χ0) is 11.4. The fourth-order valence-electron chi connectivity index (χ4n) is 2.56. The maximum absolute atomic E-state index is 12.1. The second-order valence-electron chi connectivity index (χ2n) is 4.77. The van der Waals surface area contributed by atoms with Gasteiger partial charge in [-0.25, -0.2) is 0 Å². The highest BCUT2D eigenvalue weighted by molar-refractivity contribution is 6.17. The predicted molar refractivity (Wildman–Crippen MR) is 63.6 cm³/mol. The van der Waals surface area contributed by atoms with Crippen molar-refractivity contribution in [3.63, 3.8) is 0 Å². The molecule has 0 aromatic heterocycles. The van der Waals surface area contributed by atoms with E-state index in [9.17, 15) is 4.79 Å². The molecule has 3 nitrogen and oxygen atoms in total. The van der Waals surface area contributed by atoms with Gasteiger partial charge in [-0.3, -0.25) is 4.79 Å². The van der Waals surface area contributed by atoms with Crippen molar-refractivity contribution in [1.29, 1.82) is 0 Å². The standard InChI is InChI=1S/C12H20ClNO2/c13-6-4-10-5-7-14(9-10)12(15)11-3-1-2-8-16-11/h10-11H,1-9H2. The third-order valence-corrected chi connectivity index (χ3v) is 3.79. The summed E-state index contributed by atoms with van der Waals surface area (Å²) in [7, 11) is 0. The van der Waals surface area contributed by atoms with Crippen LogP contribution in [-0.2, 0) is 9.53 Å². The highest BCUT2D eigenvalue weighted by Gasteiger charge is 2.31. The molecule has 4 heteroatoms. The summed E-state index contributed by atoms with van der Waals surface area (Å²) < 4.78 is 5.53. The molecule has 2 aliphatic heterocycles. The molecule has 2 fully saturated rings. The van der Waals surface area contributed by atoms with Crippen LogP contribution in [-0.4, -0.2) is 42.5 Å². The van der Waals surface area contributed by atoms with Crippen molar-refractivity contribution in [3.8, 4) is 0 Å². The van der Waals surface area contributed by atoms with Crippen LogP contribution < -0.4 is 0 Å². The number of rotatable bonds is 3. The first-order chi connectivity index (χ1) is 7.81. The molecular weight excluding hydrogens is 226 g/mol. The van der Waals surface area contributed by atoms with Crippen molar-refractivity contribution < 1.29 is 9.53 Å². The Bertz CT molecular complexity index is 241. The average Bonchev–Trinajstić information content (AvgIpc) is 2.78. The maximum atomic E-state index is 12.1. The molecule has 0 aromatic carbocycles. The lowest BCUT2D eigenvalue weighted by molar-refractivity contribution is -0.145. The lowest BCUT2D eigenvalue weighted by atomic mass is 10.1. The first kappa shape index (κ1) is 12.2. The summed E-state index contributed by atoms with van der Waals surface area (Å²) in [6.07, 6.45) is 5.08. The van der Waals surface area contributed by atoms with Gasteiger partial charge in [-0.05, 0) is 38.0 Å². The van der Waals surface area contributed by atoms with Crippen LogP contribution in [0.5, 0.6) is 0 Å². The Labute approximate surface area is 102 Å². The normalized spacial score (nSPS) is 30.7. The highest BCUT2D eigenvalue weighted by Crippen LogP contribution is 2.23. The molecule has 2 rings (SSSR count). The van der Waals surface area contributed by atoms with Crippen LogP contribution in [0.15, 0.2) is 0 Å². The monoisotopic (exact) mass is 245 g/mol. The van der Waals surface area contributed by atoms with Crippen LogP contribution in [0.2, 0.25) is 0 Å². The molecule has 0 saturated carbocycles. The minimum absolute atomic E-state index is 0.163. The van der Waals surface area contributed by atoms with Crippen LogP contribution in [0.4, 0.5) is 0 Å². The second-order valence-corrected chi connectivity index (χ2v) is 5.15. The van der Waals surface area contributed by atoms with E-state index < -0.39 is 0 Å². The summed E-state index contributed by atoms with van der Waals surface area (Å²) in [4.78, 5) is 14.1. The van der Waals surface area contributed by atoms with Gasteiger partial charge in [0.15, 0.2) is 0 Å². The summed E-state index contributed by atoms with van der Waals surface area (Å²) >= 11 is 5.73. The number of nitrogens with zero attached hydrogens (tertiary/aromatic N) is 1. The van der Waals surface area contributed by atoms with Crippen LogP contribution in [0.3, 0.4) is 0 Å². The van der Waals surface area contributed by atoms with E-state index in [2.05, 4.69) is 0 Å². The third kappa shape index (κ3) is 2.89. The van der Waals surface area contributed by atoms with Crippen LogP contribution >= 0.6 is 11.6 Å². The molecule has 2 unspecified atom stereocenters. The van der Waals surface area contributed by atoms with Gasteiger partial charge >= 0.3 is 0 Å². The molecule has 0 aliphatic carbocycles. The number of likely N-dealkylation sites (tertiary alicyclic amines) is 1. The first-order valence-corrected chi connectivity index (χ1v) is 6.81. The van der Waals surface area contributed by atoms with E-state index in [1.807, 2.05) is 4.90 Å². The fourth-order valence-corrected chi connectivity index (χ4v) is 2.87. The van der Waals surface area contributed by atoms with Crippen molar-refractivity contribution in [2.24, 2.45) is 5.92 Å². The molecule has 92 valence electrons. The number of hydrogen-bond acceptors (Lipinski definition) is 2.